The molecule has 0 aromatic heterocycles. The van der Waals surface area contributed by atoms with Gasteiger partial charge in [0.15, 0.2) is 11.3 Å². The second-order valence-electron chi connectivity index (χ2n) is 2.90. The molecule has 0 saturated carbocycles. The Morgan fingerprint density at radius 3 is 2.75 bits per heavy atom. The molecular weight excluding hydrogens is 242 g/mol. The molecule has 0 spiro atoms. The topological polar surface area (TPSA) is 47.9 Å². The third-order valence-electron chi connectivity index (χ3n) is 1.73. The maximum absolute atomic E-state index is 8.28. The molecule has 1 rings (SSSR count). The monoisotopic (exact) mass is 251 g/mol. The van der Waals surface area contributed by atoms with Gasteiger partial charge in [0.05, 0.1) is 0 Å². The summed E-state index contributed by atoms with van der Waals surface area (Å²) >= 11 is 10.6. The highest BCUT2D eigenvalue weighted by Gasteiger charge is 1.89. The fourth-order valence-corrected chi connectivity index (χ4v) is 1.27. The summed E-state index contributed by atoms with van der Waals surface area (Å²) in [7, 11) is 0. The van der Waals surface area contributed by atoms with Gasteiger partial charge in [0.2, 0.25) is 0 Å². The number of hydrogen-bond acceptors (Lipinski definition) is 2. The van der Waals surface area contributed by atoms with Crippen LogP contribution >= 0.6 is 23.8 Å². The average molecular weight is 252 g/mol. The molecular formula is C11H10ClN3S. The van der Waals surface area contributed by atoms with Crippen molar-refractivity contribution < 1.29 is 0 Å². The van der Waals surface area contributed by atoms with Crippen LogP contribution < -0.4 is 10.6 Å². The molecule has 16 heavy (non-hydrogen) atoms. The maximum Gasteiger partial charge on any atom is 0.183 e. The molecule has 1 aromatic rings. The van der Waals surface area contributed by atoms with Crippen LogP contribution in [0.2, 0.25) is 5.02 Å². The number of nitrogens with one attached hydrogen (secondary N) is 2. The molecule has 2 N–H and O–H groups in total. The van der Waals surface area contributed by atoms with Crippen molar-refractivity contribution in [1.82, 2.24) is 10.6 Å². The number of thiocarbonyl (C=S) groups is 1. The van der Waals surface area contributed by atoms with Crippen LogP contribution in [0.1, 0.15) is 5.56 Å². The summed E-state index contributed by atoms with van der Waals surface area (Å²) in [6.07, 6.45) is 5.59. The van der Waals surface area contributed by atoms with Crippen LogP contribution in [-0.2, 0) is 0 Å². The molecule has 0 aliphatic heterocycles. The summed E-state index contributed by atoms with van der Waals surface area (Å²) in [5, 5.41) is 14.5. The highest BCUT2D eigenvalue weighted by atomic mass is 35.5. The van der Waals surface area contributed by atoms with E-state index >= 15 is 0 Å². The SMILES string of the molecule is N#CNC(=S)NC/C=C/c1ccc(Cl)cc1. The predicted molar refractivity (Wildman–Crippen MR) is 69.8 cm³/mol. The molecule has 0 heterocycles. The smallest absolute Gasteiger partial charge is 0.183 e. The standard InChI is InChI=1S/C11H10ClN3S/c12-10-5-3-9(4-6-10)2-1-7-14-11(16)15-8-13/h1-6H,7H2,(H2,14,15,16)/b2-1+. The quantitative estimate of drug-likeness (QED) is 0.492. The predicted octanol–water partition coefficient (Wildman–Crippen LogP) is 2.30. The number of halogens is 1. The van der Waals surface area contributed by atoms with Crippen molar-refractivity contribution in [3.05, 3.63) is 40.9 Å². The molecule has 0 saturated heterocycles. The normalized spacial score (nSPS) is 9.75. The van der Waals surface area contributed by atoms with Crippen molar-refractivity contribution in [1.29, 1.82) is 5.26 Å². The number of hydrogen-bond donors (Lipinski definition) is 2. The molecule has 0 bridgehead atoms. The zero-order chi connectivity index (χ0) is 11.8. The van der Waals surface area contributed by atoms with Crippen LogP contribution in [0.5, 0.6) is 0 Å². The van der Waals surface area contributed by atoms with Gasteiger partial charge in [0, 0.05) is 11.6 Å². The lowest BCUT2D eigenvalue weighted by Gasteiger charge is -2.00. The first-order valence-corrected chi connectivity index (χ1v) is 5.36. The number of benzene rings is 1. The number of rotatable bonds is 3. The molecule has 0 fully saturated rings. The summed E-state index contributed by atoms with van der Waals surface area (Å²) in [4.78, 5) is 0. The number of nitriles is 1. The van der Waals surface area contributed by atoms with Gasteiger partial charge in [0.25, 0.3) is 0 Å². The van der Waals surface area contributed by atoms with E-state index in [-0.39, 0.29) is 0 Å². The van der Waals surface area contributed by atoms with Gasteiger partial charge in [-0.05, 0) is 29.9 Å². The Kier molecular flexibility index (Phi) is 5.34. The van der Waals surface area contributed by atoms with Gasteiger partial charge in [-0.2, -0.15) is 5.26 Å². The van der Waals surface area contributed by atoms with E-state index < -0.39 is 0 Å². The Bertz CT molecular complexity index is 420. The van der Waals surface area contributed by atoms with Gasteiger partial charge < -0.3 is 5.32 Å². The van der Waals surface area contributed by atoms with Crippen molar-refractivity contribution >= 4 is 35.0 Å². The minimum absolute atomic E-state index is 0.322. The molecule has 0 aliphatic carbocycles. The Morgan fingerprint density at radius 2 is 2.12 bits per heavy atom. The summed E-state index contributed by atoms with van der Waals surface area (Å²) in [5.74, 6) is 0. The van der Waals surface area contributed by atoms with Gasteiger partial charge in [-0.15, -0.1) is 0 Å². The van der Waals surface area contributed by atoms with Gasteiger partial charge in [-0.25, -0.2) is 0 Å². The minimum atomic E-state index is 0.322. The van der Waals surface area contributed by atoms with Gasteiger partial charge in [0.1, 0.15) is 0 Å². The zero-order valence-corrected chi connectivity index (χ0v) is 9.98. The summed E-state index contributed by atoms with van der Waals surface area (Å²) in [6, 6.07) is 7.50. The van der Waals surface area contributed by atoms with Crippen molar-refractivity contribution in [2.24, 2.45) is 0 Å². The van der Waals surface area contributed by atoms with Gasteiger partial charge in [-0.1, -0.05) is 35.9 Å². The molecule has 0 amide bonds. The van der Waals surface area contributed by atoms with Crippen LogP contribution in [-0.4, -0.2) is 11.7 Å². The summed E-state index contributed by atoms with van der Waals surface area (Å²) in [5.41, 5.74) is 1.06. The van der Waals surface area contributed by atoms with Crippen molar-refractivity contribution in [2.75, 3.05) is 6.54 Å². The van der Waals surface area contributed by atoms with E-state index in [0.29, 0.717) is 11.7 Å². The van der Waals surface area contributed by atoms with E-state index in [1.165, 1.54) is 0 Å². The molecule has 0 radical (unpaired) electrons. The third-order valence-corrected chi connectivity index (χ3v) is 2.23. The lowest BCUT2D eigenvalue weighted by Crippen LogP contribution is -2.31. The highest BCUT2D eigenvalue weighted by molar-refractivity contribution is 7.80. The summed E-state index contributed by atoms with van der Waals surface area (Å²) < 4.78 is 0. The first-order chi connectivity index (χ1) is 7.72. The van der Waals surface area contributed by atoms with Gasteiger partial charge >= 0.3 is 0 Å². The molecule has 5 heteroatoms. The number of nitrogens with zero attached hydrogens (tertiary/aromatic N) is 1. The second-order valence-corrected chi connectivity index (χ2v) is 3.75. The Labute approximate surface area is 105 Å². The Hall–Kier alpha value is -1.57. The zero-order valence-electron chi connectivity index (χ0n) is 8.40. The highest BCUT2D eigenvalue weighted by Crippen LogP contribution is 2.10. The van der Waals surface area contributed by atoms with Crippen LogP contribution in [0.15, 0.2) is 30.3 Å². The van der Waals surface area contributed by atoms with E-state index in [2.05, 4.69) is 10.6 Å². The van der Waals surface area contributed by atoms with Crippen LogP contribution in [0.4, 0.5) is 0 Å². The first kappa shape index (κ1) is 12.5. The van der Waals surface area contributed by atoms with Crippen LogP contribution in [0.25, 0.3) is 6.08 Å². The van der Waals surface area contributed by atoms with Crippen LogP contribution in [0.3, 0.4) is 0 Å². The molecule has 0 atom stereocenters. The van der Waals surface area contributed by atoms with Crippen molar-refractivity contribution in [3.8, 4) is 6.19 Å². The molecule has 0 unspecified atom stereocenters. The lowest BCUT2D eigenvalue weighted by atomic mass is 10.2. The van der Waals surface area contributed by atoms with E-state index in [9.17, 15) is 0 Å². The van der Waals surface area contributed by atoms with E-state index in [4.69, 9.17) is 29.1 Å². The fraction of sp³-hybridized carbons (Fsp3) is 0.0909. The van der Waals surface area contributed by atoms with E-state index in [0.717, 1.165) is 10.6 Å². The van der Waals surface area contributed by atoms with Crippen molar-refractivity contribution in [2.45, 2.75) is 0 Å². The maximum atomic E-state index is 8.28. The third kappa shape index (κ3) is 4.78. The van der Waals surface area contributed by atoms with Gasteiger partial charge in [-0.3, -0.25) is 5.32 Å². The molecule has 1 aromatic carbocycles. The first-order valence-electron chi connectivity index (χ1n) is 4.57. The largest absolute Gasteiger partial charge is 0.358 e. The molecule has 3 nitrogen and oxygen atoms in total. The fourth-order valence-electron chi connectivity index (χ4n) is 1.02. The van der Waals surface area contributed by atoms with Crippen molar-refractivity contribution in [3.63, 3.8) is 0 Å². The molecule has 82 valence electrons. The Balaban J connectivity index is 2.35. The lowest BCUT2D eigenvalue weighted by molar-refractivity contribution is 1.02. The van der Waals surface area contributed by atoms with Crippen LogP contribution in [0, 0.1) is 11.5 Å². The molecule has 0 aliphatic rings. The van der Waals surface area contributed by atoms with E-state index in [1.54, 1.807) is 6.19 Å². The average Bonchev–Trinajstić information content (AvgIpc) is 2.27. The van der Waals surface area contributed by atoms with E-state index in [1.807, 2.05) is 36.4 Å². The second kappa shape index (κ2) is 6.83. The minimum Gasteiger partial charge on any atom is -0.358 e. The Morgan fingerprint density at radius 1 is 1.44 bits per heavy atom. The summed E-state index contributed by atoms with van der Waals surface area (Å²) in [6.45, 7) is 0.566.